The van der Waals surface area contributed by atoms with Gasteiger partial charge in [-0.15, -0.1) is 0 Å². The molecule has 0 aliphatic carbocycles. The van der Waals surface area contributed by atoms with Crippen LogP contribution >= 0.6 is 0 Å². The normalized spacial score (nSPS) is 33.8. The first kappa shape index (κ1) is 11.8. The lowest BCUT2D eigenvalue weighted by molar-refractivity contribution is -0.150. The van der Waals surface area contributed by atoms with Crippen molar-refractivity contribution in [1.82, 2.24) is 15.1 Å². The van der Waals surface area contributed by atoms with Gasteiger partial charge in [-0.25, -0.2) is 0 Å². The zero-order valence-corrected chi connectivity index (χ0v) is 9.91. The molecule has 2 aliphatic heterocycles. The molecule has 1 unspecified atom stereocenters. The van der Waals surface area contributed by atoms with Gasteiger partial charge in [-0.3, -0.25) is 9.69 Å². The Labute approximate surface area is 96.4 Å². The lowest BCUT2D eigenvalue weighted by atomic mass is 9.96. The van der Waals surface area contributed by atoms with E-state index in [9.17, 15) is 9.90 Å². The largest absolute Gasteiger partial charge is 0.480 e. The number of carboxylic acids is 1. The van der Waals surface area contributed by atoms with Gasteiger partial charge >= 0.3 is 5.97 Å². The van der Waals surface area contributed by atoms with E-state index >= 15 is 0 Å². The lowest BCUT2D eigenvalue weighted by Gasteiger charge is -2.36. The van der Waals surface area contributed by atoms with Crippen molar-refractivity contribution in [3.8, 4) is 0 Å². The molecule has 0 bridgehead atoms. The number of rotatable bonds is 2. The fourth-order valence-corrected chi connectivity index (χ4v) is 2.82. The molecule has 5 heteroatoms. The quantitative estimate of drug-likeness (QED) is 0.662. The molecule has 0 aromatic carbocycles. The summed E-state index contributed by atoms with van der Waals surface area (Å²) in [5.41, 5.74) is -0.638. The Balaban J connectivity index is 2.14. The van der Waals surface area contributed by atoms with Gasteiger partial charge in [0.15, 0.2) is 0 Å². The maximum Gasteiger partial charge on any atom is 0.325 e. The molecule has 0 amide bonds. The highest BCUT2D eigenvalue weighted by Gasteiger charge is 2.48. The molecule has 5 nitrogen and oxygen atoms in total. The Bertz CT molecular complexity index is 264. The van der Waals surface area contributed by atoms with Crippen LogP contribution in [0.1, 0.15) is 12.8 Å². The number of likely N-dealkylation sites (N-methyl/N-ethyl adjacent to an activating group) is 1. The number of hydrogen-bond acceptors (Lipinski definition) is 4. The molecule has 0 aromatic heterocycles. The van der Waals surface area contributed by atoms with Gasteiger partial charge in [-0.1, -0.05) is 0 Å². The van der Waals surface area contributed by atoms with Crippen molar-refractivity contribution < 1.29 is 9.90 Å². The van der Waals surface area contributed by atoms with Crippen molar-refractivity contribution in [3.05, 3.63) is 0 Å². The SMILES string of the molecule is CN1CCC(C(=O)O)(N2CCCNCC2)C1. The van der Waals surface area contributed by atoms with Crippen LogP contribution in [0.25, 0.3) is 0 Å². The molecule has 0 spiro atoms. The van der Waals surface area contributed by atoms with Crippen LogP contribution in [0.3, 0.4) is 0 Å². The molecule has 1 atom stereocenters. The van der Waals surface area contributed by atoms with E-state index < -0.39 is 11.5 Å². The summed E-state index contributed by atoms with van der Waals surface area (Å²) in [6, 6.07) is 0. The monoisotopic (exact) mass is 227 g/mol. The van der Waals surface area contributed by atoms with Crippen LogP contribution in [0.2, 0.25) is 0 Å². The molecule has 2 N–H and O–H groups in total. The molecule has 2 aliphatic rings. The molecular formula is C11H21N3O2. The van der Waals surface area contributed by atoms with Gasteiger partial charge in [0.1, 0.15) is 5.54 Å². The number of aliphatic carboxylic acids is 1. The Morgan fingerprint density at radius 3 is 2.75 bits per heavy atom. The van der Waals surface area contributed by atoms with Crippen molar-refractivity contribution >= 4 is 5.97 Å². The average molecular weight is 227 g/mol. The van der Waals surface area contributed by atoms with Gasteiger partial charge in [0.25, 0.3) is 0 Å². The van der Waals surface area contributed by atoms with E-state index in [-0.39, 0.29) is 0 Å². The van der Waals surface area contributed by atoms with E-state index in [4.69, 9.17) is 0 Å². The summed E-state index contributed by atoms with van der Waals surface area (Å²) in [5, 5.41) is 12.9. The van der Waals surface area contributed by atoms with Gasteiger partial charge in [0.2, 0.25) is 0 Å². The molecule has 2 saturated heterocycles. The first-order valence-electron chi connectivity index (χ1n) is 6.03. The summed E-state index contributed by atoms with van der Waals surface area (Å²) in [6.45, 7) is 5.19. The number of hydrogen-bond donors (Lipinski definition) is 2. The van der Waals surface area contributed by atoms with E-state index in [1.54, 1.807) is 0 Å². The highest BCUT2D eigenvalue weighted by atomic mass is 16.4. The summed E-state index contributed by atoms with van der Waals surface area (Å²) in [6.07, 6.45) is 1.79. The number of likely N-dealkylation sites (tertiary alicyclic amines) is 1. The molecule has 16 heavy (non-hydrogen) atoms. The third kappa shape index (κ3) is 2.07. The highest BCUT2D eigenvalue weighted by Crippen LogP contribution is 2.28. The molecule has 0 radical (unpaired) electrons. The Kier molecular flexibility index (Phi) is 3.47. The topological polar surface area (TPSA) is 55.8 Å². The minimum absolute atomic E-state index is 0.638. The lowest BCUT2D eigenvalue weighted by Crippen LogP contribution is -2.57. The highest BCUT2D eigenvalue weighted by molar-refractivity contribution is 5.79. The standard InChI is InChI=1S/C11H21N3O2/c1-13-7-3-11(9-13,10(15)16)14-6-2-4-12-5-8-14/h12H,2-9H2,1H3,(H,15,16). The smallest absolute Gasteiger partial charge is 0.325 e. The van der Waals surface area contributed by atoms with E-state index in [0.717, 1.165) is 45.6 Å². The van der Waals surface area contributed by atoms with Gasteiger partial charge < -0.3 is 15.3 Å². The van der Waals surface area contributed by atoms with E-state index in [1.165, 1.54) is 0 Å². The predicted molar refractivity (Wildman–Crippen MR) is 61.5 cm³/mol. The van der Waals surface area contributed by atoms with E-state index in [0.29, 0.717) is 6.54 Å². The summed E-state index contributed by atoms with van der Waals surface area (Å²) in [4.78, 5) is 15.9. The summed E-state index contributed by atoms with van der Waals surface area (Å²) in [5.74, 6) is -0.654. The number of carboxylic acid groups (broad SMARTS) is 1. The van der Waals surface area contributed by atoms with E-state index in [2.05, 4.69) is 15.1 Å². The van der Waals surface area contributed by atoms with E-state index in [1.807, 2.05) is 7.05 Å². The first-order chi connectivity index (χ1) is 7.65. The third-order valence-corrected chi connectivity index (χ3v) is 3.78. The van der Waals surface area contributed by atoms with Crippen LogP contribution in [0.15, 0.2) is 0 Å². The zero-order chi connectivity index (χ0) is 11.6. The van der Waals surface area contributed by atoms with Crippen molar-refractivity contribution in [2.75, 3.05) is 46.3 Å². The minimum Gasteiger partial charge on any atom is -0.480 e. The van der Waals surface area contributed by atoms with Crippen molar-refractivity contribution in [1.29, 1.82) is 0 Å². The maximum atomic E-state index is 11.6. The Hall–Kier alpha value is -0.650. The molecule has 0 saturated carbocycles. The van der Waals surface area contributed by atoms with Crippen LogP contribution in [0, 0.1) is 0 Å². The number of nitrogens with one attached hydrogen (secondary N) is 1. The molecule has 92 valence electrons. The van der Waals surface area contributed by atoms with Crippen LogP contribution in [-0.4, -0.2) is 72.7 Å². The molecule has 0 aromatic rings. The summed E-state index contributed by atoms with van der Waals surface area (Å²) >= 11 is 0. The summed E-state index contributed by atoms with van der Waals surface area (Å²) < 4.78 is 0. The van der Waals surface area contributed by atoms with Crippen LogP contribution in [-0.2, 0) is 4.79 Å². The molecule has 2 heterocycles. The van der Waals surface area contributed by atoms with Crippen LogP contribution < -0.4 is 5.32 Å². The minimum atomic E-state index is -0.654. The second kappa shape index (κ2) is 4.69. The van der Waals surface area contributed by atoms with Gasteiger partial charge in [0, 0.05) is 32.7 Å². The summed E-state index contributed by atoms with van der Waals surface area (Å²) in [7, 11) is 2.00. The van der Waals surface area contributed by atoms with Gasteiger partial charge in [-0.2, -0.15) is 0 Å². The van der Waals surface area contributed by atoms with Crippen LogP contribution in [0.5, 0.6) is 0 Å². The molecule has 2 rings (SSSR count). The number of carbonyl (C=O) groups is 1. The van der Waals surface area contributed by atoms with Crippen molar-refractivity contribution in [3.63, 3.8) is 0 Å². The fourth-order valence-electron chi connectivity index (χ4n) is 2.82. The average Bonchev–Trinajstić information content (AvgIpc) is 2.51. The Morgan fingerprint density at radius 2 is 2.12 bits per heavy atom. The number of nitrogens with zero attached hydrogens (tertiary/aromatic N) is 2. The fraction of sp³-hybridized carbons (Fsp3) is 0.909. The van der Waals surface area contributed by atoms with Gasteiger partial charge in [-0.05, 0) is 26.4 Å². The van der Waals surface area contributed by atoms with Crippen molar-refractivity contribution in [2.24, 2.45) is 0 Å². The third-order valence-electron chi connectivity index (χ3n) is 3.78. The first-order valence-corrected chi connectivity index (χ1v) is 6.03. The second-order valence-corrected chi connectivity index (χ2v) is 4.92. The predicted octanol–water partition coefficient (Wildman–Crippen LogP) is -0.559. The molecule has 2 fully saturated rings. The molecular weight excluding hydrogens is 206 g/mol. The Morgan fingerprint density at radius 1 is 1.31 bits per heavy atom. The zero-order valence-electron chi connectivity index (χ0n) is 9.91. The van der Waals surface area contributed by atoms with Crippen molar-refractivity contribution in [2.45, 2.75) is 18.4 Å². The van der Waals surface area contributed by atoms with Gasteiger partial charge in [0.05, 0.1) is 0 Å². The second-order valence-electron chi connectivity index (χ2n) is 4.92. The van der Waals surface area contributed by atoms with Crippen LogP contribution in [0.4, 0.5) is 0 Å². The maximum absolute atomic E-state index is 11.6.